The van der Waals surface area contributed by atoms with Crippen LogP contribution in [0, 0.1) is 0 Å². The lowest BCUT2D eigenvalue weighted by molar-refractivity contribution is 0.340. The molecule has 0 fully saturated rings. The van der Waals surface area contributed by atoms with E-state index in [0.717, 1.165) is 36.5 Å². The number of ether oxygens (including phenoxy) is 1. The van der Waals surface area contributed by atoms with E-state index in [1.807, 2.05) is 19.1 Å². The van der Waals surface area contributed by atoms with Gasteiger partial charge in [0.1, 0.15) is 5.75 Å². The zero-order valence-electron chi connectivity index (χ0n) is 10.5. The minimum Gasteiger partial charge on any atom is -0.494 e. The number of nitrogens with one attached hydrogen (secondary N) is 2. The van der Waals surface area contributed by atoms with Gasteiger partial charge in [-0.05, 0) is 19.1 Å². The van der Waals surface area contributed by atoms with Crippen LogP contribution in [-0.2, 0) is 13.0 Å². The molecule has 2 N–H and O–H groups in total. The minimum atomic E-state index is 0.684. The molecule has 0 radical (unpaired) electrons. The molecule has 0 atom stereocenters. The van der Waals surface area contributed by atoms with Crippen LogP contribution in [0.5, 0.6) is 5.75 Å². The number of benzene rings is 1. The highest BCUT2D eigenvalue weighted by atomic mass is 16.5. The van der Waals surface area contributed by atoms with Crippen LogP contribution >= 0.6 is 0 Å². The van der Waals surface area contributed by atoms with E-state index in [2.05, 4.69) is 27.6 Å². The predicted octanol–water partition coefficient (Wildman–Crippen LogP) is 2.12. The van der Waals surface area contributed by atoms with Crippen LogP contribution in [0.2, 0.25) is 0 Å². The number of hydrogen-bond donors (Lipinski definition) is 2. The maximum atomic E-state index is 5.54. The molecule has 94 valence electrons. The van der Waals surface area contributed by atoms with Gasteiger partial charge in [-0.2, -0.15) is 5.10 Å². The molecule has 0 unspecified atom stereocenters. The third kappa shape index (κ3) is 1.99. The Morgan fingerprint density at radius 1 is 1.39 bits per heavy atom. The lowest BCUT2D eigenvalue weighted by Crippen LogP contribution is -2.23. The van der Waals surface area contributed by atoms with E-state index < -0.39 is 0 Å². The molecule has 0 amide bonds. The molecule has 0 saturated heterocycles. The maximum Gasteiger partial charge on any atom is 0.119 e. The van der Waals surface area contributed by atoms with Crippen molar-refractivity contribution in [3.8, 4) is 17.0 Å². The molecule has 0 spiro atoms. The van der Waals surface area contributed by atoms with E-state index in [9.17, 15) is 0 Å². The number of hydrogen-bond acceptors (Lipinski definition) is 3. The Balaban J connectivity index is 1.99. The van der Waals surface area contributed by atoms with Crippen molar-refractivity contribution in [3.05, 3.63) is 35.5 Å². The minimum absolute atomic E-state index is 0.684. The summed E-state index contributed by atoms with van der Waals surface area (Å²) in [6.07, 6.45) is 1.02. The molecule has 0 saturated carbocycles. The van der Waals surface area contributed by atoms with Gasteiger partial charge in [-0.1, -0.05) is 12.1 Å². The lowest BCUT2D eigenvalue weighted by Gasteiger charge is -2.13. The first-order valence-corrected chi connectivity index (χ1v) is 6.38. The first-order chi connectivity index (χ1) is 8.88. The summed E-state index contributed by atoms with van der Waals surface area (Å²) in [6, 6.07) is 8.12. The van der Waals surface area contributed by atoms with Gasteiger partial charge in [-0.25, -0.2) is 0 Å². The average Bonchev–Trinajstić information content (AvgIpc) is 2.83. The van der Waals surface area contributed by atoms with Crippen LogP contribution in [-0.4, -0.2) is 23.3 Å². The highest BCUT2D eigenvalue weighted by molar-refractivity contribution is 5.65. The topological polar surface area (TPSA) is 49.9 Å². The van der Waals surface area contributed by atoms with Crippen molar-refractivity contribution in [2.45, 2.75) is 19.9 Å². The highest BCUT2D eigenvalue weighted by Gasteiger charge is 2.17. The Bertz CT molecular complexity index is 548. The Hall–Kier alpha value is -1.81. The molecule has 1 aliphatic heterocycles. The summed E-state index contributed by atoms with van der Waals surface area (Å²) < 4.78 is 5.54. The van der Waals surface area contributed by atoms with Crippen LogP contribution in [0.1, 0.15) is 18.2 Å². The molecule has 1 aromatic carbocycles. The third-order valence-electron chi connectivity index (χ3n) is 3.22. The summed E-state index contributed by atoms with van der Waals surface area (Å²) in [5, 5.41) is 11.0. The summed E-state index contributed by atoms with van der Waals surface area (Å²) in [5.74, 6) is 0.899. The zero-order chi connectivity index (χ0) is 12.4. The molecular formula is C14H17N3O. The summed E-state index contributed by atoms with van der Waals surface area (Å²) >= 11 is 0. The van der Waals surface area contributed by atoms with E-state index >= 15 is 0 Å². The van der Waals surface area contributed by atoms with Gasteiger partial charge < -0.3 is 10.1 Å². The number of fused-ring (bicyclic) bond motifs is 1. The van der Waals surface area contributed by atoms with E-state index in [1.54, 1.807) is 0 Å². The summed E-state index contributed by atoms with van der Waals surface area (Å²) in [4.78, 5) is 0. The van der Waals surface area contributed by atoms with Crippen molar-refractivity contribution < 1.29 is 4.74 Å². The highest BCUT2D eigenvalue weighted by Crippen LogP contribution is 2.28. The molecule has 3 rings (SSSR count). The van der Waals surface area contributed by atoms with Crippen molar-refractivity contribution >= 4 is 0 Å². The zero-order valence-corrected chi connectivity index (χ0v) is 10.5. The van der Waals surface area contributed by atoms with Crippen LogP contribution in [0.4, 0.5) is 0 Å². The quantitative estimate of drug-likeness (QED) is 0.868. The normalized spacial score (nSPS) is 14.3. The number of rotatable bonds is 3. The van der Waals surface area contributed by atoms with Crippen molar-refractivity contribution in [2.75, 3.05) is 13.2 Å². The van der Waals surface area contributed by atoms with Crippen molar-refractivity contribution in [1.82, 2.24) is 15.5 Å². The molecule has 0 aliphatic carbocycles. The maximum absolute atomic E-state index is 5.54. The molecule has 4 heteroatoms. The second kappa shape index (κ2) is 4.82. The van der Waals surface area contributed by atoms with Gasteiger partial charge in [0.05, 0.1) is 12.3 Å². The molecule has 2 heterocycles. The fraction of sp³-hybridized carbons (Fsp3) is 0.357. The number of aromatic amines is 1. The molecule has 18 heavy (non-hydrogen) atoms. The Morgan fingerprint density at radius 3 is 3.22 bits per heavy atom. The second-order valence-electron chi connectivity index (χ2n) is 4.42. The predicted molar refractivity (Wildman–Crippen MR) is 70.6 cm³/mol. The fourth-order valence-corrected chi connectivity index (χ4v) is 2.36. The molecule has 1 aliphatic rings. The number of nitrogens with zero attached hydrogens (tertiary/aromatic N) is 1. The van der Waals surface area contributed by atoms with Crippen molar-refractivity contribution in [2.24, 2.45) is 0 Å². The Kier molecular flexibility index (Phi) is 3.02. The van der Waals surface area contributed by atoms with Gasteiger partial charge in [-0.3, -0.25) is 5.10 Å². The van der Waals surface area contributed by atoms with Crippen molar-refractivity contribution in [1.29, 1.82) is 0 Å². The monoisotopic (exact) mass is 243 g/mol. The van der Waals surface area contributed by atoms with Gasteiger partial charge in [0.15, 0.2) is 0 Å². The second-order valence-corrected chi connectivity index (χ2v) is 4.42. The standard InChI is InChI=1S/C14H17N3O/c1-2-18-11-5-3-4-10(8-11)14-12-9-15-7-6-13(12)16-17-14/h3-5,8,15H,2,6-7,9H2,1H3,(H,16,17). The molecule has 2 aromatic rings. The summed E-state index contributed by atoms with van der Waals surface area (Å²) in [6.45, 7) is 4.59. The third-order valence-corrected chi connectivity index (χ3v) is 3.22. The molecule has 4 nitrogen and oxygen atoms in total. The van der Waals surface area contributed by atoms with Gasteiger partial charge in [-0.15, -0.1) is 0 Å². The summed E-state index contributed by atoms with van der Waals surface area (Å²) in [5.41, 5.74) is 4.70. The smallest absolute Gasteiger partial charge is 0.119 e. The van der Waals surface area contributed by atoms with Gasteiger partial charge in [0, 0.05) is 36.3 Å². The largest absolute Gasteiger partial charge is 0.494 e. The summed E-state index contributed by atoms with van der Waals surface area (Å²) in [7, 11) is 0. The molecule has 1 aromatic heterocycles. The molecular weight excluding hydrogens is 226 g/mol. The van der Waals surface area contributed by atoms with E-state index in [1.165, 1.54) is 11.3 Å². The van der Waals surface area contributed by atoms with E-state index in [4.69, 9.17) is 4.74 Å². The number of aromatic nitrogens is 2. The van der Waals surface area contributed by atoms with Crippen LogP contribution in [0.3, 0.4) is 0 Å². The van der Waals surface area contributed by atoms with Crippen LogP contribution in [0.25, 0.3) is 11.3 Å². The SMILES string of the molecule is CCOc1cccc(-c2n[nH]c3c2CNCC3)c1. The van der Waals surface area contributed by atoms with Gasteiger partial charge >= 0.3 is 0 Å². The Morgan fingerprint density at radius 2 is 2.33 bits per heavy atom. The fourth-order valence-electron chi connectivity index (χ4n) is 2.36. The first-order valence-electron chi connectivity index (χ1n) is 6.38. The Labute approximate surface area is 106 Å². The lowest BCUT2D eigenvalue weighted by atomic mass is 10.0. The van der Waals surface area contributed by atoms with Gasteiger partial charge in [0.2, 0.25) is 0 Å². The van der Waals surface area contributed by atoms with E-state index in [0.29, 0.717) is 6.61 Å². The molecule has 0 bridgehead atoms. The van der Waals surface area contributed by atoms with Crippen LogP contribution < -0.4 is 10.1 Å². The van der Waals surface area contributed by atoms with Crippen molar-refractivity contribution in [3.63, 3.8) is 0 Å². The first kappa shape index (κ1) is 11.3. The number of H-pyrrole nitrogens is 1. The average molecular weight is 243 g/mol. The van der Waals surface area contributed by atoms with Gasteiger partial charge in [0.25, 0.3) is 0 Å². The van der Waals surface area contributed by atoms with Crippen LogP contribution in [0.15, 0.2) is 24.3 Å². The van der Waals surface area contributed by atoms with E-state index in [-0.39, 0.29) is 0 Å².